The number of hydrogen-bond acceptors (Lipinski definition) is 5. The molecule has 2 rings (SSSR count). The Balaban J connectivity index is 2.19. The topological polar surface area (TPSA) is 71.9 Å². The van der Waals surface area contributed by atoms with Crippen molar-refractivity contribution in [2.75, 3.05) is 27.4 Å². The molecule has 0 aliphatic carbocycles. The van der Waals surface area contributed by atoms with Crippen molar-refractivity contribution in [3.05, 3.63) is 24.0 Å². The summed E-state index contributed by atoms with van der Waals surface area (Å²) in [5.74, 6) is -0.399. The van der Waals surface area contributed by atoms with E-state index in [4.69, 9.17) is 9.47 Å². The molecule has 1 aliphatic rings. The van der Waals surface area contributed by atoms with E-state index in [0.717, 1.165) is 6.42 Å². The Labute approximate surface area is 112 Å². The maximum Gasteiger partial charge on any atom is 0.276 e. The first-order valence-electron chi connectivity index (χ1n) is 6.14. The van der Waals surface area contributed by atoms with Crippen LogP contribution >= 0.6 is 0 Å². The molecule has 1 amide bonds. The summed E-state index contributed by atoms with van der Waals surface area (Å²) in [4.78, 5) is 18.0. The molecule has 0 bridgehead atoms. The number of aromatic nitrogens is 1. The molecular formula is C13H18N2O4. The molecule has 1 saturated heterocycles. The zero-order valence-corrected chi connectivity index (χ0v) is 11.1. The molecule has 1 fully saturated rings. The number of likely N-dealkylation sites (tertiary alicyclic amines) is 1. The second kappa shape index (κ2) is 5.99. The van der Waals surface area contributed by atoms with Crippen LogP contribution < -0.4 is 0 Å². The molecule has 2 atom stereocenters. The Morgan fingerprint density at radius 2 is 2.37 bits per heavy atom. The third kappa shape index (κ3) is 2.85. The smallest absolute Gasteiger partial charge is 0.276 e. The number of ether oxygens (including phenoxy) is 2. The minimum absolute atomic E-state index is 0.00467. The Bertz CT molecular complexity index is 452. The van der Waals surface area contributed by atoms with E-state index in [1.54, 1.807) is 25.2 Å². The standard InChI is InChI=1S/C13H18N2O4/c1-18-8-9-6-10(19-2)7-15(9)13(17)12-11(16)4-3-5-14-12/h3-5,9-10,16H,6-8H2,1-2H3/t9-,10-/m0/s1. The molecule has 104 valence electrons. The lowest BCUT2D eigenvalue weighted by molar-refractivity contribution is 0.0603. The molecule has 6 heteroatoms. The fourth-order valence-corrected chi connectivity index (χ4v) is 2.34. The van der Waals surface area contributed by atoms with Crippen molar-refractivity contribution in [1.29, 1.82) is 0 Å². The molecule has 6 nitrogen and oxygen atoms in total. The number of carbonyl (C=O) groups is 1. The first-order chi connectivity index (χ1) is 9.17. The predicted octanol–water partition coefficient (Wildman–Crippen LogP) is 0.663. The average molecular weight is 266 g/mol. The van der Waals surface area contributed by atoms with Crippen LogP contribution in [0.2, 0.25) is 0 Å². The quantitative estimate of drug-likeness (QED) is 0.867. The van der Waals surface area contributed by atoms with Gasteiger partial charge in [0.25, 0.3) is 5.91 Å². The molecule has 2 heterocycles. The second-order valence-corrected chi connectivity index (χ2v) is 4.53. The van der Waals surface area contributed by atoms with Crippen LogP contribution in [0.15, 0.2) is 18.3 Å². The highest BCUT2D eigenvalue weighted by Crippen LogP contribution is 2.24. The molecule has 0 saturated carbocycles. The number of methoxy groups -OCH3 is 2. The number of aromatic hydroxyl groups is 1. The third-order valence-electron chi connectivity index (χ3n) is 3.32. The van der Waals surface area contributed by atoms with E-state index in [1.807, 2.05) is 0 Å². The summed E-state index contributed by atoms with van der Waals surface area (Å²) in [7, 11) is 3.22. The van der Waals surface area contributed by atoms with E-state index in [2.05, 4.69) is 4.98 Å². The van der Waals surface area contributed by atoms with E-state index in [9.17, 15) is 9.90 Å². The van der Waals surface area contributed by atoms with Gasteiger partial charge in [-0.2, -0.15) is 0 Å². The zero-order valence-electron chi connectivity index (χ0n) is 11.1. The molecule has 0 spiro atoms. The lowest BCUT2D eigenvalue weighted by Crippen LogP contribution is -2.38. The first kappa shape index (κ1) is 13.8. The van der Waals surface area contributed by atoms with Gasteiger partial charge in [0.1, 0.15) is 5.75 Å². The number of amides is 1. The normalized spacial score (nSPS) is 22.7. The predicted molar refractivity (Wildman–Crippen MR) is 68.0 cm³/mol. The SMILES string of the molecule is COC[C@@H]1C[C@H](OC)CN1C(=O)c1ncccc1O. The summed E-state index contributed by atoms with van der Waals surface area (Å²) in [5.41, 5.74) is 0.0698. The number of pyridine rings is 1. The van der Waals surface area contributed by atoms with Crippen molar-refractivity contribution in [1.82, 2.24) is 9.88 Å². The summed E-state index contributed by atoms with van der Waals surface area (Å²) in [6, 6.07) is 2.99. The molecule has 0 aromatic carbocycles. The van der Waals surface area contributed by atoms with Gasteiger partial charge in [-0.3, -0.25) is 4.79 Å². The van der Waals surface area contributed by atoms with Gasteiger partial charge in [-0.15, -0.1) is 0 Å². The van der Waals surface area contributed by atoms with Gasteiger partial charge in [0.15, 0.2) is 5.69 Å². The third-order valence-corrected chi connectivity index (χ3v) is 3.32. The molecule has 1 aliphatic heterocycles. The van der Waals surface area contributed by atoms with Crippen LogP contribution in [0.1, 0.15) is 16.9 Å². The van der Waals surface area contributed by atoms with E-state index < -0.39 is 0 Å². The second-order valence-electron chi connectivity index (χ2n) is 4.53. The van der Waals surface area contributed by atoms with Crippen LogP contribution in [0.5, 0.6) is 5.75 Å². The van der Waals surface area contributed by atoms with Crippen molar-refractivity contribution in [3.63, 3.8) is 0 Å². The highest BCUT2D eigenvalue weighted by Gasteiger charge is 2.36. The van der Waals surface area contributed by atoms with Crippen molar-refractivity contribution < 1.29 is 19.4 Å². The Morgan fingerprint density at radius 3 is 3.00 bits per heavy atom. The van der Waals surface area contributed by atoms with Gasteiger partial charge in [0.05, 0.1) is 18.8 Å². The van der Waals surface area contributed by atoms with Gasteiger partial charge in [-0.05, 0) is 18.6 Å². The number of rotatable bonds is 4. The fourth-order valence-electron chi connectivity index (χ4n) is 2.34. The van der Waals surface area contributed by atoms with Gasteiger partial charge >= 0.3 is 0 Å². The van der Waals surface area contributed by atoms with Gasteiger partial charge in [-0.25, -0.2) is 4.98 Å². The summed E-state index contributed by atoms with van der Waals surface area (Å²) >= 11 is 0. The van der Waals surface area contributed by atoms with E-state index in [1.165, 1.54) is 12.3 Å². The minimum atomic E-state index is -0.292. The molecule has 1 aromatic heterocycles. The first-order valence-corrected chi connectivity index (χ1v) is 6.14. The lowest BCUT2D eigenvalue weighted by Gasteiger charge is -2.23. The van der Waals surface area contributed by atoms with E-state index >= 15 is 0 Å². The average Bonchev–Trinajstić information content (AvgIpc) is 2.82. The highest BCUT2D eigenvalue weighted by molar-refractivity contribution is 5.95. The highest BCUT2D eigenvalue weighted by atomic mass is 16.5. The fraction of sp³-hybridized carbons (Fsp3) is 0.538. The van der Waals surface area contributed by atoms with Crippen molar-refractivity contribution in [2.24, 2.45) is 0 Å². The maximum absolute atomic E-state index is 12.4. The van der Waals surface area contributed by atoms with Crippen molar-refractivity contribution in [2.45, 2.75) is 18.6 Å². The molecule has 1 N–H and O–H groups in total. The van der Waals surface area contributed by atoms with Crippen molar-refractivity contribution >= 4 is 5.91 Å². The summed E-state index contributed by atoms with van der Waals surface area (Å²) in [5, 5.41) is 9.71. The minimum Gasteiger partial charge on any atom is -0.505 e. The van der Waals surface area contributed by atoms with Gasteiger partial charge in [0.2, 0.25) is 0 Å². The van der Waals surface area contributed by atoms with Gasteiger partial charge < -0.3 is 19.5 Å². The Kier molecular flexibility index (Phi) is 4.34. The molecule has 0 radical (unpaired) electrons. The van der Waals surface area contributed by atoms with E-state index in [-0.39, 0.29) is 29.5 Å². The van der Waals surface area contributed by atoms with Crippen LogP contribution in [0.3, 0.4) is 0 Å². The van der Waals surface area contributed by atoms with Crippen molar-refractivity contribution in [3.8, 4) is 5.75 Å². The lowest BCUT2D eigenvalue weighted by atomic mass is 10.2. The molecule has 0 unspecified atom stereocenters. The molecular weight excluding hydrogens is 248 g/mol. The van der Waals surface area contributed by atoms with Crippen LogP contribution in [0.25, 0.3) is 0 Å². The number of hydrogen-bond donors (Lipinski definition) is 1. The van der Waals surface area contributed by atoms with Gasteiger partial charge in [-0.1, -0.05) is 0 Å². The number of nitrogens with zero attached hydrogens (tertiary/aromatic N) is 2. The maximum atomic E-state index is 12.4. The monoisotopic (exact) mass is 266 g/mol. The van der Waals surface area contributed by atoms with E-state index in [0.29, 0.717) is 13.2 Å². The zero-order chi connectivity index (χ0) is 13.8. The summed E-state index contributed by atoms with van der Waals surface area (Å²) in [6.45, 7) is 0.929. The van der Waals surface area contributed by atoms with Gasteiger partial charge in [0, 0.05) is 27.0 Å². The largest absolute Gasteiger partial charge is 0.505 e. The van der Waals surface area contributed by atoms with Crippen LogP contribution in [0.4, 0.5) is 0 Å². The molecule has 19 heavy (non-hydrogen) atoms. The van der Waals surface area contributed by atoms with Crippen LogP contribution in [0, 0.1) is 0 Å². The molecule has 1 aromatic rings. The Hall–Kier alpha value is -1.66. The number of carbonyl (C=O) groups excluding carboxylic acids is 1. The Morgan fingerprint density at radius 1 is 1.58 bits per heavy atom. The summed E-state index contributed by atoms with van der Waals surface area (Å²) in [6.07, 6.45) is 2.21. The van der Waals surface area contributed by atoms with Crippen LogP contribution in [-0.2, 0) is 9.47 Å². The summed E-state index contributed by atoms with van der Waals surface area (Å²) < 4.78 is 10.4. The van der Waals surface area contributed by atoms with Crippen LogP contribution in [-0.4, -0.2) is 60.4 Å².